The second kappa shape index (κ2) is 43.8. The fraction of sp³-hybridized carbons (Fsp3) is 0.759. The molecule has 12 nitrogen and oxygen atoms in total. The second-order valence-corrected chi connectivity index (χ2v) is 19.4. The van der Waals surface area contributed by atoms with Crippen LogP contribution in [-0.2, 0) is 27.9 Å². The van der Waals surface area contributed by atoms with Crippen LogP contribution in [0.15, 0.2) is 72.9 Å². The molecular weight excluding hydrogens is 872 g/mol. The number of carbonyl (C=O) groups is 1. The Balaban J connectivity index is 2.35. The van der Waals surface area contributed by atoms with Gasteiger partial charge in [-0.25, -0.2) is 4.57 Å². The molecule has 1 saturated carbocycles. The third-order valence-electron chi connectivity index (χ3n) is 11.8. The number of ether oxygens (including phenoxy) is 2. The standard InChI is InChI=1S/C54H95O12P/c1-3-5-7-9-11-13-15-17-19-21-22-23-24-25-26-27-28-30-32-34-36-38-40-42-44-63-45-47(46-64-67(61,62)66-54-52(59)50(57)49(56)51(58)53(54)60)65-48(55)43-41-39-37-35-33-31-29-20-18-16-14-12-10-8-6-4-2/h5,7,11,13,17,19,22-23,25-26,28,30,47,49-54,56-60H,3-4,6,8-10,12,14-16,18,20-21,24,27,29,31-46H2,1-2H3,(H,61,62)/b7-5-,13-11-,19-17-,23-22-,26-25-,30-28-. The van der Waals surface area contributed by atoms with E-state index in [2.05, 4.69) is 86.8 Å². The average molecular weight is 967 g/mol. The third kappa shape index (κ3) is 35.5. The number of phosphoric acid groups is 1. The number of hydrogen-bond donors (Lipinski definition) is 6. The normalized spacial score (nSPS) is 21.9. The smallest absolute Gasteiger partial charge is 0.457 e. The van der Waals surface area contributed by atoms with Gasteiger partial charge in [0.1, 0.15) is 42.7 Å². The maximum atomic E-state index is 12.9. The highest BCUT2D eigenvalue weighted by atomic mass is 31.2. The summed E-state index contributed by atoms with van der Waals surface area (Å²) in [4.78, 5) is 23.2. The van der Waals surface area contributed by atoms with Crippen molar-refractivity contribution in [1.82, 2.24) is 0 Å². The topological polar surface area (TPSA) is 192 Å². The van der Waals surface area contributed by atoms with Gasteiger partial charge in [-0.15, -0.1) is 0 Å². The zero-order valence-corrected chi connectivity index (χ0v) is 42.6. The molecule has 0 heterocycles. The number of aliphatic hydroxyl groups is 5. The van der Waals surface area contributed by atoms with Crippen LogP contribution in [-0.4, -0.2) is 98.9 Å². The van der Waals surface area contributed by atoms with Crippen LogP contribution in [0.4, 0.5) is 0 Å². The summed E-state index contributed by atoms with van der Waals surface area (Å²) in [6.45, 7) is 4.12. The van der Waals surface area contributed by atoms with Gasteiger partial charge in [0.25, 0.3) is 0 Å². The number of hydrogen-bond acceptors (Lipinski definition) is 11. The van der Waals surface area contributed by atoms with Gasteiger partial charge >= 0.3 is 13.8 Å². The van der Waals surface area contributed by atoms with Crippen molar-refractivity contribution in [3.05, 3.63) is 72.9 Å². The van der Waals surface area contributed by atoms with Crippen LogP contribution < -0.4 is 0 Å². The van der Waals surface area contributed by atoms with E-state index in [9.17, 15) is 39.8 Å². The molecule has 0 aliphatic heterocycles. The van der Waals surface area contributed by atoms with E-state index < -0.39 is 63.1 Å². The zero-order chi connectivity index (χ0) is 49.1. The molecule has 0 aromatic carbocycles. The minimum atomic E-state index is -5.03. The van der Waals surface area contributed by atoms with Crippen LogP contribution >= 0.6 is 7.82 Å². The van der Waals surface area contributed by atoms with Crippen molar-refractivity contribution in [3.63, 3.8) is 0 Å². The van der Waals surface area contributed by atoms with Crippen LogP contribution in [0, 0.1) is 0 Å². The molecule has 6 N–H and O–H groups in total. The van der Waals surface area contributed by atoms with Crippen molar-refractivity contribution >= 4 is 13.8 Å². The highest BCUT2D eigenvalue weighted by molar-refractivity contribution is 7.47. The van der Waals surface area contributed by atoms with E-state index in [4.69, 9.17) is 18.5 Å². The molecule has 1 aliphatic rings. The van der Waals surface area contributed by atoms with Gasteiger partial charge in [0, 0.05) is 13.0 Å². The number of rotatable bonds is 44. The Morgan fingerprint density at radius 1 is 0.493 bits per heavy atom. The number of unbranched alkanes of at least 4 members (excludes halogenated alkanes) is 20. The predicted molar refractivity (Wildman–Crippen MR) is 271 cm³/mol. The summed E-state index contributed by atoms with van der Waals surface area (Å²) in [7, 11) is -5.03. The summed E-state index contributed by atoms with van der Waals surface area (Å²) >= 11 is 0. The monoisotopic (exact) mass is 967 g/mol. The molecular formula is C54H95O12P. The lowest BCUT2D eigenvalue weighted by molar-refractivity contribution is -0.220. The molecule has 1 rings (SSSR count). The first-order chi connectivity index (χ1) is 32.5. The molecule has 0 spiro atoms. The number of phosphoric ester groups is 1. The van der Waals surface area contributed by atoms with Crippen LogP contribution in [0.2, 0.25) is 0 Å². The highest BCUT2D eigenvalue weighted by Crippen LogP contribution is 2.47. The molecule has 1 aliphatic carbocycles. The van der Waals surface area contributed by atoms with E-state index in [0.717, 1.165) is 96.3 Å². The van der Waals surface area contributed by atoms with Crippen LogP contribution in [0.25, 0.3) is 0 Å². The number of esters is 1. The van der Waals surface area contributed by atoms with E-state index in [-0.39, 0.29) is 13.0 Å². The van der Waals surface area contributed by atoms with Crippen molar-refractivity contribution in [2.24, 2.45) is 0 Å². The van der Waals surface area contributed by atoms with Crippen molar-refractivity contribution in [1.29, 1.82) is 0 Å². The molecule has 0 aromatic rings. The molecule has 1 fully saturated rings. The van der Waals surface area contributed by atoms with E-state index in [0.29, 0.717) is 13.0 Å². The fourth-order valence-corrected chi connectivity index (χ4v) is 8.69. The molecule has 13 heteroatoms. The highest BCUT2D eigenvalue weighted by Gasteiger charge is 2.51. The summed E-state index contributed by atoms with van der Waals surface area (Å²) in [5, 5.41) is 50.3. The molecule has 6 atom stereocenters. The van der Waals surface area contributed by atoms with Gasteiger partial charge in [0.2, 0.25) is 0 Å². The Hall–Kier alpha value is -2.22. The Morgan fingerprint density at radius 2 is 0.881 bits per heavy atom. The van der Waals surface area contributed by atoms with Crippen molar-refractivity contribution in [2.75, 3.05) is 19.8 Å². The van der Waals surface area contributed by atoms with E-state index in [1.54, 1.807) is 0 Å². The first-order valence-corrected chi connectivity index (χ1v) is 27.8. The Labute approximate surface area is 406 Å². The number of aliphatic hydroxyl groups excluding tert-OH is 5. The molecule has 0 bridgehead atoms. The van der Waals surface area contributed by atoms with Gasteiger partial charge in [-0.3, -0.25) is 13.8 Å². The molecule has 0 saturated heterocycles. The fourth-order valence-electron chi connectivity index (χ4n) is 7.71. The maximum absolute atomic E-state index is 12.9. The molecule has 6 unspecified atom stereocenters. The predicted octanol–water partition coefficient (Wildman–Crippen LogP) is 11.9. The van der Waals surface area contributed by atoms with Gasteiger partial charge in [-0.1, -0.05) is 202 Å². The van der Waals surface area contributed by atoms with E-state index in [1.165, 1.54) is 77.0 Å². The Morgan fingerprint density at radius 3 is 1.34 bits per heavy atom. The van der Waals surface area contributed by atoms with E-state index >= 15 is 0 Å². The van der Waals surface area contributed by atoms with Gasteiger partial charge in [0.15, 0.2) is 0 Å². The average Bonchev–Trinajstić information content (AvgIpc) is 3.31. The SMILES string of the molecule is CC/C=C\C/C=C\C/C=C\C/C=C\C/C=C\C/C=C\CCCCCCCOCC(COP(=O)(O)OC1C(O)C(O)C(O)C(O)C1O)OC(=O)CCCCCCCCCCCCCCCCCC. The minimum absolute atomic E-state index is 0.0916. The minimum Gasteiger partial charge on any atom is -0.457 e. The summed E-state index contributed by atoms with van der Waals surface area (Å²) in [5.74, 6) is -0.485. The Kier molecular flexibility index (Phi) is 41.0. The van der Waals surface area contributed by atoms with Gasteiger partial charge < -0.3 is 39.9 Å². The van der Waals surface area contributed by atoms with Crippen molar-refractivity contribution < 1.29 is 58.3 Å². The summed E-state index contributed by atoms with van der Waals surface area (Å²) < 4.78 is 34.3. The second-order valence-electron chi connectivity index (χ2n) is 18.0. The van der Waals surface area contributed by atoms with Crippen molar-refractivity contribution in [2.45, 2.75) is 243 Å². The van der Waals surface area contributed by atoms with Gasteiger partial charge in [-0.05, 0) is 64.2 Å². The maximum Gasteiger partial charge on any atom is 0.472 e. The molecule has 67 heavy (non-hydrogen) atoms. The molecule has 388 valence electrons. The largest absolute Gasteiger partial charge is 0.472 e. The first kappa shape index (κ1) is 62.8. The summed E-state index contributed by atoms with van der Waals surface area (Å²) in [6.07, 6.45) is 45.3. The lowest BCUT2D eigenvalue weighted by Gasteiger charge is -2.41. The molecule has 0 radical (unpaired) electrons. The molecule has 0 aromatic heterocycles. The third-order valence-corrected chi connectivity index (χ3v) is 12.8. The number of carbonyl (C=O) groups excluding carboxylic acids is 1. The van der Waals surface area contributed by atoms with Gasteiger partial charge in [0.05, 0.1) is 13.2 Å². The lowest BCUT2D eigenvalue weighted by atomic mass is 9.85. The van der Waals surface area contributed by atoms with Crippen LogP contribution in [0.1, 0.15) is 200 Å². The van der Waals surface area contributed by atoms with Crippen LogP contribution in [0.5, 0.6) is 0 Å². The zero-order valence-electron chi connectivity index (χ0n) is 41.7. The van der Waals surface area contributed by atoms with Gasteiger partial charge in [-0.2, -0.15) is 0 Å². The molecule has 0 amide bonds. The quantitative estimate of drug-likeness (QED) is 0.0147. The number of allylic oxidation sites excluding steroid dienone is 12. The summed E-state index contributed by atoms with van der Waals surface area (Å²) in [5.41, 5.74) is 0. The Bertz CT molecular complexity index is 1380. The van der Waals surface area contributed by atoms with Crippen molar-refractivity contribution in [3.8, 4) is 0 Å². The lowest BCUT2D eigenvalue weighted by Crippen LogP contribution is -2.64. The van der Waals surface area contributed by atoms with Crippen LogP contribution in [0.3, 0.4) is 0 Å². The van der Waals surface area contributed by atoms with E-state index in [1.807, 2.05) is 0 Å². The first-order valence-electron chi connectivity index (χ1n) is 26.3. The summed E-state index contributed by atoms with van der Waals surface area (Å²) in [6, 6.07) is 0.